The lowest BCUT2D eigenvalue weighted by Crippen LogP contribution is -2.47. The smallest absolute Gasteiger partial charge is 0.227 e. The summed E-state index contributed by atoms with van der Waals surface area (Å²) in [4.78, 5) is 13.7. The largest absolute Gasteiger partial charge is 0.368 e. The number of hydrogen-bond acceptors (Lipinski definition) is 5. The van der Waals surface area contributed by atoms with E-state index in [1.54, 1.807) is 6.07 Å². The quantitative estimate of drug-likeness (QED) is 0.731. The van der Waals surface area contributed by atoms with Crippen LogP contribution < -0.4 is 9.80 Å². The molecular formula is C21H19N5. The number of aromatic nitrogens is 2. The van der Waals surface area contributed by atoms with Gasteiger partial charge in [0.25, 0.3) is 0 Å². The normalized spacial score (nSPS) is 14.1. The molecule has 0 aliphatic carbocycles. The molecule has 1 aliphatic rings. The average molecular weight is 341 g/mol. The second kappa shape index (κ2) is 7.24. The van der Waals surface area contributed by atoms with Gasteiger partial charge in [0.1, 0.15) is 11.8 Å². The third-order valence-electron chi connectivity index (χ3n) is 4.58. The lowest BCUT2D eigenvalue weighted by molar-refractivity contribution is 0.640. The van der Waals surface area contributed by atoms with Crippen molar-refractivity contribution in [3.05, 3.63) is 72.4 Å². The van der Waals surface area contributed by atoms with Gasteiger partial charge in [-0.15, -0.1) is 0 Å². The van der Waals surface area contributed by atoms with Crippen molar-refractivity contribution in [1.29, 1.82) is 5.26 Å². The van der Waals surface area contributed by atoms with Gasteiger partial charge in [0, 0.05) is 43.5 Å². The SMILES string of the molecule is N#Cc1cc(-c2ccccc2)nc(N2CCN(c3ccccc3)CC2)n1. The van der Waals surface area contributed by atoms with Crippen molar-refractivity contribution in [3.8, 4) is 17.3 Å². The zero-order chi connectivity index (χ0) is 17.8. The van der Waals surface area contributed by atoms with Gasteiger partial charge in [0.15, 0.2) is 0 Å². The van der Waals surface area contributed by atoms with Crippen molar-refractivity contribution in [3.63, 3.8) is 0 Å². The zero-order valence-corrected chi connectivity index (χ0v) is 14.4. The summed E-state index contributed by atoms with van der Waals surface area (Å²) in [6, 6.07) is 24.3. The third kappa shape index (κ3) is 3.35. The number of hydrogen-bond donors (Lipinski definition) is 0. The summed E-state index contributed by atoms with van der Waals surface area (Å²) in [6.07, 6.45) is 0. The topological polar surface area (TPSA) is 56.1 Å². The summed E-state index contributed by atoms with van der Waals surface area (Å²) in [5.74, 6) is 0.635. The fraction of sp³-hybridized carbons (Fsp3) is 0.190. The Labute approximate surface area is 153 Å². The Hall–Kier alpha value is -3.39. The monoisotopic (exact) mass is 341 g/mol. The number of anilines is 2. The van der Waals surface area contributed by atoms with E-state index in [4.69, 9.17) is 4.98 Å². The Morgan fingerprint density at radius 3 is 2.04 bits per heavy atom. The van der Waals surface area contributed by atoms with Crippen molar-refractivity contribution in [1.82, 2.24) is 9.97 Å². The number of rotatable bonds is 3. The molecule has 1 saturated heterocycles. The number of piperazine rings is 1. The van der Waals surface area contributed by atoms with E-state index < -0.39 is 0 Å². The van der Waals surface area contributed by atoms with Crippen LogP contribution in [0, 0.1) is 11.3 Å². The predicted octanol–water partition coefficient (Wildman–Crippen LogP) is 3.34. The molecule has 0 unspecified atom stereocenters. The minimum Gasteiger partial charge on any atom is -0.368 e. The fourth-order valence-electron chi connectivity index (χ4n) is 3.19. The Balaban J connectivity index is 1.56. The van der Waals surface area contributed by atoms with Gasteiger partial charge in [-0.3, -0.25) is 0 Å². The first-order valence-corrected chi connectivity index (χ1v) is 8.73. The molecule has 0 saturated carbocycles. The van der Waals surface area contributed by atoms with Crippen LogP contribution in [0.3, 0.4) is 0 Å². The lowest BCUT2D eigenvalue weighted by Gasteiger charge is -2.36. The van der Waals surface area contributed by atoms with Crippen molar-refractivity contribution in [2.45, 2.75) is 0 Å². The van der Waals surface area contributed by atoms with Gasteiger partial charge in [0.05, 0.1) is 5.69 Å². The summed E-state index contributed by atoms with van der Waals surface area (Å²) < 4.78 is 0. The molecule has 0 N–H and O–H groups in total. The summed E-state index contributed by atoms with van der Waals surface area (Å²) in [5, 5.41) is 9.36. The average Bonchev–Trinajstić information content (AvgIpc) is 2.75. The van der Waals surface area contributed by atoms with Gasteiger partial charge in [0.2, 0.25) is 5.95 Å². The molecule has 1 aromatic heterocycles. The first-order valence-electron chi connectivity index (χ1n) is 8.73. The molecule has 3 aromatic rings. The second-order valence-electron chi connectivity index (χ2n) is 6.23. The van der Waals surface area contributed by atoms with Crippen LogP contribution in [0.4, 0.5) is 11.6 Å². The molecule has 0 atom stereocenters. The molecule has 1 fully saturated rings. The predicted molar refractivity (Wildman–Crippen MR) is 103 cm³/mol. The van der Waals surface area contributed by atoms with Crippen LogP contribution in [0.25, 0.3) is 11.3 Å². The lowest BCUT2D eigenvalue weighted by atomic mass is 10.1. The van der Waals surface area contributed by atoms with Gasteiger partial charge in [-0.2, -0.15) is 5.26 Å². The van der Waals surface area contributed by atoms with E-state index in [2.05, 4.69) is 45.1 Å². The number of nitriles is 1. The molecule has 0 radical (unpaired) electrons. The molecule has 0 bridgehead atoms. The van der Waals surface area contributed by atoms with Crippen molar-refractivity contribution < 1.29 is 0 Å². The van der Waals surface area contributed by atoms with E-state index >= 15 is 0 Å². The summed E-state index contributed by atoms with van der Waals surface area (Å²) in [6.45, 7) is 3.48. The maximum atomic E-state index is 9.36. The molecular weight excluding hydrogens is 322 g/mol. The van der Waals surface area contributed by atoms with Crippen LogP contribution in [0.15, 0.2) is 66.7 Å². The van der Waals surface area contributed by atoms with E-state index in [0.717, 1.165) is 37.4 Å². The van der Waals surface area contributed by atoms with Gasteiger partial charge >= 0.3 is 0 Å². The second-order valence-corrected chi connectivity index (χ2v) is 6.23. The fourth-order valence-corrected chi connectivity index (χ4v) is 3.19. The van der Waals surface area contributed by atoms with E-state index in [1.165, 1.54) is 5.69 Å². The first-order chi connectivity index (χ1) is 12.8. The Morgan fingerprint density at radius 1 is 0.769 bits per heavy atom. The molecule has 2 heterocycles. The van der Waals surface area contributed by atoms with E-state index in [1.807, 2.05) is 36.4 Å². The maximum Gasteiger partial charge on any atom is 0.227 e. The Bertz CT molecular complexity index is 910. The van der Waals surface area contributed by atoms with Crippen LogP contribution in [0.2, 0.25) is 0 Å². The standard InChI is InChI=1S/C21H19N5/c22-16-18-15-20(17-7-3-1-4-8-17)24-21(23-18)26-13-11-25(12-14-26)19-9-5-2-6-10-19/h1-10,15H,11-14H2. The maximum absolute atomic E-state index is 9.36. The highest BCUT2D eigenvalue weighted by Crippen LogP contribution is 2.22. The third-order valence-corrected chi connectivity index (χ3v) is 4.58. The summed E-state index contributed by atoms with van der Waals surface area (Å²) >= 11 is 0. The van der Waals surface area contributed by atoms with E-state index in [9.17, 15) is 5.26 Å². The molecule has 5 heteroatoms. The van der Waals surface area contributed by atoms with Gasteiger partial charge in [-0.05, 0) is 12.1 Å². The van der Waals surface area contributed by atoms with Crippen LogP contribution >= 0.6 is 0 Å². The van der Waals surface area contributed by atoms with Crippen LogP contribution in [-0.2, 0) is 0 Å². The first kappa shape index (κ1) is 16.1. The summed E-state index contributed by atoms with van der Waals surface area (Å²) in [7, 11) is 0. The van der Waals surface area contributed by atoms with Gasteiger partial charge < -0.3 is 9.80 Å². The van der Waals surface area contributed by atoms with E-state index in [0.29, 0.717) is 11.6 Å². The molecule has 26 heavy (non-hydrogen) atoms. The van der Waals surface area contributed by atoms with Crippen molar-refractivity contribution >= 4 is 11.6 Å². The van der Waals surface area contributed by atoms with E-state index in [-0.39, 0.29) is 0 Å². The van der Waals surface area contributed by atoms with Crippen molar-refractivity contribution in [2.75, 3.05) is 36.0 Å². The Morgan fingerprint density at radius 2 is 1.38 bits per heavy atom. The van der Waals surface area contributed by atoms with Gasteiger partial charge in [-0.1, -0.05) is 48.5 Å². The molecule has 0 amide bonds. The highest BCUT2D eigenvalue weighted by atomic mass is 15.3. The highest BCUT2D eigenvalue weighted by Gasteiger charge is 2.20. The van der Waals surface area contributed by atoms with Crippen LogP contribution in [0.1, 0.15) is 5.69 Å². The molecule has 4 rings (SSSR count). The van der Waals surface area contributed by atoms with Crippen molar-refractivity contribution in [2.24, 2.45) is 0 Å². The molecule has 128 valence electrons. The number of benzene rings is 2. The summed E-state index contributed by atoms with van der Waals surface area (Å²) in [5.41, 5.74) is 3.43. The highest BCUT2D eigenvalue weighted by molar-refractivity contribution is 5.62. The number of nitrogens with zero attached hydrogens (tertiary/aromatic N) is 5. The van der Waals surface area contributed by atoms with Crippen LogP contribution in [0.5, 0.6) is 0 Å². The molecule has 1 aliphatic heterocycles. The van der Waals surface area contributed by atoms with Crippen LogP contribution in [-0.4, -0.2) is 36.1 Å². The minimum absolute atomic E-state index is 0.402. The number of para-hydroxylation sites is 1. The Kier molecular flexibility index (Phi) is 4.48. The molecule has 2 aromatic carbocycles. The molecule has 5 nitrogen and oxygen atoms in total. The zero-order valence-electron chi connectivity index (χ0n) is 14.4. The molecule has 0 spiro atoms. The van der Waals surface area contributed by atoms with Gasteiger partial charge in [-0.25, -0.2) is 9.97 Å². The minimum atomic E-state index is 0.402.